The largest absolute Gasteiger partial charge is 0.481 e. The van der Waals surface area contributed by atoms with Crippen molar-refractivity contribution in [2.75, 3.05) is 43.0 Å². The Morgan fingerprint density at radius 2 is 1.55 bits per heavy atom. The number of alkyl halides is 2. The molecule has 2 aliphatic heterocycles. The van der Waals surface area contributed by atoms with Crippen LogP contribution in [0.1, 0.15) is 82.8 Å². The molecule has 414 valence electrons. The Kier molecular flexibility index (Phi) is 13.9. The molecule has 6 amide bonds. The zero-order valence-electron chi connectivity index (χ0n) is 43.4. The lowest BCUT2D eigenvalue weighted by atomic mass is 9.38. The molecule has 0 radical (unpaired) electrons. The van der Waals surface area contributed by atoms with E-state index < -0.39 is 119 Å². The van der Waals surface area contributed by atoms with Crippen molar-refractivity contribution in [3.05, 3.63) is 95.6 Å². The minimum absolute atomic E-state index is 0.0202. The molecule has 7 N–H and O–H groups in total. The number of halogens is 2. The number of nitrogens with zero attached hydrogens (tertiary/aromatic N) is 2. The van der Waals surface area contributed by atoms with E-state index >= 15 is 8.78 Å². The standard InChI is InChI=1S/C57H64F2N6O13/c1-52-17-15-37(67)20-40(52)41(58)21-39-38-19-34-25-64(31-56(34,44(69)26-66)53(38,2)23-43(68)57(39,52)59)36-9-5-32(6-10-36)22-54-28-55(29-54,30-54)63-51(77)78-27-33-3-7-35(8-4-33)61-50(76)42(11-14-49(74)75)62-46(71)24-60-45(70)16-18-65-47(72)12-13-48(65)73/h3-10,12-13,15,17,20,34,38-39,41-43,66,68H,11,14,16,18-19,21-31H2,1-2H3,(H,60,70)(H,61,76)(H,62,71)(H,63,77)(H,74,75)/t34-,38-,39-,41-,42-,43-,52-,53-,54?,55?,56+,57-/m0/s1. The molecular weight excluding hydrogens is 1010 g/mol. The summed E-state index contributed by atoms with van der Waals surface area (Å²) in [6.45, 7) is 2.72. The summed E-state index contributed by atoms with van der Waals surface area (Å²) in [6, 6.07) is 13.3. The second-order valence-electron chi connectivity index (χ2n) is 23.5. The van der Waals surface area contributed by atoms with Gasteiger partial charge in [0.15, 0.2) is 17.2 Å². The monoisotopic (exact) mass is 1080 g/mol. The van der Waals surface area contributed by atoms with Crippen molar-refractivity contribution in [1.82, 2.24) is 20.9 Å². The van der Waals surface area contributed by atoms with Crippen molar-refractivity contribution in [2.45, 2.75) is 114 Å². The Morgan fingerprint density at radius 1 is 0.872 bits per heavy atom. The van der Waals surface area contributed by atoms with Crippen molar-refractivity contribution in [3.8, 4) is 0 Å². The summed E-state index contributed by atoms with van der Waals surface area (Å²) in [6.07, 6.45) is 4.66. The van der Waals surface area contributed by atoms with E-state index in [1.165, 1.54) is 18.2 Å². The number of ether oxygens (including phenoxy) is 1. The van der Waals surface area contributed by atoms with Crippen LogP contribution < -0.4 is 26.2 Å². The van der Waals surface area contributed by atoms with Crippen LogP contribution in [0.2, 0.25) is 0 Å². The number of carbonyl (C=O) groups excluding carboxylic acids is 8. The molecule has 9 aliphatic rings. The number of ketones is 2. The zero-order chi connectivity index (χ0) is 55.7. The van der Waals surface area contributed by atoms with Gasteiger partial charge >= 0.3 is 12.1 Å². The fraction of sp³-hybridized carbons (Fsp3) is 0.526. The van der Waals surface area contributed by atoms with E-state index in [2.05, 4.69) is 38.3 Å². The highest BCUT2D eigenvalue weighted by Gasteiger charge is 2.78. The van der Waals surface area contributed by atoms with Gasteiger partial charge in [0.05, 0.1) is 18.1 Å². The second kappa shape index (κ2) is 20.0. The fourth-order valence-electron chi connectivity index (χ4n) is 15.4. The highest BCUT2D eigenvalue weighted by molar-refractivity contribution is 6.13. The second-order valence-corrected chi connectivity index (χ2v) is 23.5. The molecule has 7 fully saturated rings. The highest BCUT2D eigenvalue weighted by Crippen LogP contribution is 2.75. The van der Waals surface area contributed by atoms with E-state index in [-0.39, 0.29) is 73.6 Å². The number of carboxylic acid groups (broad SMARTS) is 1. The van der Waals surface area contributed by atoms with Gasteiger partial charge in [0.1, 0.15) is 25.4 Å². The van der Waals surface area contributed by atoms with E-state index in [0.29, 0.717) is 24.2 Å². The predicted octanol–water partition coefficient (Wildman–Crippen LogP) is 3.71. The summed E-state index contributed by atoms with van der Waals surface area (Å²) in [5, 5.41) is 42.0. The number of carbonyl (C=O) groups is 9. The lowest BCUT2D eigenvalue weighted by molar-refractivity contribution is -0.210. The number of Topliss-reactive ketones (excluding diaryl/α,β-unsaturated/α-hetero) is 1. The van der Waals surface area contributed by atoms with Gasteiger partial charge < -0.3 is 46.2 Å². The molecule has 0 aromatic heterocycles. The molecule has 6 saturated carbocycles. The molecule has 78 heavy (non-hydrogen) atoms. The van der Waals surface area contributed by atoms with Crippen LogP contribution in [0.15, 0.2) is 84.5 Å². The third kappa shape index (κ3) is 9.18. The van der Waals surface area contributed by atoms with Crippen LogP contribution in [0.25, 0.3) is 0 Å². The van der Waals surface area contributed by atoms with Crippen LogP contribution in [-0.2, 0) is 56.1 Å². The summed E-state index contributed by atoms with van der Waals surface area (Å²) >= 11 is 0. The molecule has 10 atom stereocenters. The number of aliphatic hydroxyl groups is 2. The first-order valence-corrected chi connectivity index (χ1v) is 26.6. The molecule has 11 rings (SSSR count). The van der Waals surface area contributed by atoms with Crippen molar-refractivity contribution < 1.29 is 72.0 Å². The minimum atomic E-state index is -2.26. The molecule has 1 saturated heterocycles. The lowest BCUT2D eigenvalue weighted by Gasteiger charge is -2.70. The van der Waals surface area contributed by atoms with E-state index in [1.54, 1.807) is 31.2 Å². The topological polar surface area (TPSA) is 278 Å². The van der Waals surface area contributed by atoms with Gasteiger partial charge in [-0.15, -0.1) is 0 Å². The number of alkyl carbamates (subject to hydrolysis) is 1. The first-order chi connectivity index (χ1) is 37.0. The number of aliphatic carboxylic acids is 1. The molecule has 2 aromatic carbocycles. The van der Waals surface area contributed by atoms with Gasteiger partial charge in [-0.05, 0) is 134 Å². The average Bonchev–Trinajstić information content (AvgIpc) is 4.12. The Labute approximate surface area is 448 Å². The molecular formula is C57H64F2N6O13. The molecule has 2 aromatic rings. The van der Waals surface area contributed by atoms with E-state index in [0.717, 1.165) is 54.0 Å². The number of nitrogens with one attached hydrogen (secondary N) is 4. The van der Waals surface area contributed by atoms with Crippen LogP contribution >= 0.6 is 0 Å². The maximum Gasteiger partial charge on any atom is 0.407 e. The molecule has 0 spiro atoms. The molecule has 2 heterocycles. The maximum atomic E-state index is 17.9. The van der Waals surface area contributed by atoms with E-state index in [1.807, 2.05) is 19.1 Å². The van der Waals surface area contributed by atoms with Crippen LogP contribution in [0.3, 0.4) is 0 Å². The molecule has 0 unspecified atom stereocenters. The number of carboxylic acids is 1. The summed E-state index contributed by atoms with van der Waals surface area (Å²) in [7, 11) is 0. The Bertz CT molecular complexity index is 2930. The third-order valence-corrected chi connectivity index (χ3v) is 19.0. The Balaban J connectivity index is 0.678. The van der Waals surface area contributed by atoms with Crippen LogP contribution in [0.4, 0.5) is 25.0 Å². The van der Waals surface area contributed by atoms with Gasteiger partial charge in [-0.2, -0.15) is 0 Å². The van der Waals surface area contributed by atoms with Crippen LogP contribution in [-0.4, -0.2) is 136 Å². The number of rotatable bonds is 19. The van der Waals surface area contributed by atoms with Gasteiger partial charge in [0, 0.05) is 72.9 Å². The van der Waals surface area contributed by atoms with Gasteiger partial charge in [0.25, 0.3) is 11.8 Å². The Morgan fingerprint density at radius 3 is 2.22 bits per heavy atom. The SMILES string of the molecule is C[C@]12C=CC(=O)C=C1[C@@H](F)C[C@H]1[C@@H]3C[C@H]4CN(c5ccc(CC67CC(NC(=O)OCc8ccc(NC(=O)[C@H](CCC(=O)O)NC(=O)CNC(=O)CCN9C(=O)C=CC9=O)cc8)(C6)C7)cc5)C[C@@]4(C(=O)CO)[C@@]3(C)C[C@H](O)[C@@]12F. The molecule has 21 heteroatoms. The average molecular weight is 1080 g/mol. The van der Waals surface area contributed by atoms with Gasteiger partial charge in [0.2, 0.25) is 17.7 Å². The molecule has 7 aliphatic carbocycles. The smallest absolute Gasteiger partial charge is 0.407 e. The van der Waals surface area contributed by atoms with Crippen LogP contribution in [0.5, 0.6) is 0 Å². The minimum Gasteiger partial charge on any atom is -0.481 e. The highest BCUT2D eigenvalue weighted by atomic mass is 19.1. The van der Waals surface area contributed by atoms with Crippen LogP contribution in [0, 0.1) is 39.4 Å². The normalized spacial score (nSPS) is 34.0. The number of anilines is 2. The van der Waals surface area contributed by atoms with Gasteiger partial charge in [-0.25, -0.2) is 13.6 Å². The lowest BCUT2D eigenvalue weighted by Crippen LogP contribution is -2.75. The van der Waals surface area contributed by atoms with Gasteiger partial charge in [-0.3, -0.25) is 43.3 Å². The van der Waals surface area contributed by atoms with Crippen molar-refractivity contribution in [1.29, 1.82) is 0 Å². The third-order valence-electron chi connectivity index (χ3n) is 19.0. The number of hydrogen-bond donors (Lipinski definition) is 7. The van der Waals surface area contributed by atoms with Crippen molar-refractivity contribution >= 4 is 64.5 Å². The number of allylic oxidation sites excluding steroid dienone is 4. The summed E-state index contributed by atoms with van der Waals surface area (Å²) < 4.78 is 39.5. The first kappa shape index (κ1) is 54.2. The molecule has 19 nitrogen and oxygen atoms in total. The number of imide groups is 1. The van der Waals surface area contributed by atoms with E-state index in [9.17, 15) is 58.5 Å². The number of hydrogen-bond acceptors (Lipinski definition) is 13. The quantitative estimate of drug-likeness (QED) is 0.0989. The number of benzene rings is 2. The summed E-state index contributed by atoms with van der Waals surface area (Å²) in [5.41, 5.74) is -3.19. The number of aliphatic hydroxyl groups excluding tert-OH is 2. The van der Waals surface area contributed by atoms with Gasteiger partial charge in [-0.1, -0.05) is 37.3 Å². The Hall–Kier alpha value is -7.13. The van der Waals surface area contributed by atoms with E-state index in [4.69, 9.17) is 4.74 Å². The number of amides is 6. The fourth-order valence-corrected chi connectivity index (χ4v) is 15.4. The zero-order valence-corrected chi connectivity index (χ0v) is 43.4. The predicted molar refractivity (Wildman–Crippen MR) is 274 cm³/mol. The molecule has 2 bridgehead atoms. The number of fused-ring (bicyclic) bond motifs is 7. The summed E-state index contributed by atoms with van der Waals surface area (Å²) in [5.74, 6) is -6.81. The first-order valence-electron chi connectivity index (χ1n) is 26.6. The van der Waals surface area contributed by atoms with Crippen molar-refractivity contribution in [3.63, 3.8) is 0 Å². The van der Waals surface area contributed by atoms with Crippen molar-refractivity contribution in [2.24, 2.45) is 39.4 Å². The maximum absolute atomic E-state index is 17.9. The summed E-state index contributed by atoms with van der Waals surface area (Å²) in [4.78, 5) is 115.